The van der Waals surface area contributed by atoms with Crippen LogP contribution in [0.1, 0.15) is 0 Å². The van der Waals surface area contributed by atoms with Gasteiger partial charge < -0.3 is 4.74 Å². The minimum Gasteiger partial charge on any atom is -0.347 e. The SMILES string of the molecule is COC1N=C[CH]N1C. The lowest BCUT2D eigenvalue weighted by Crippen LogP contribution is -2.24. The lowest BCUT2D eigenvalue weighted by atomic mass is 10.7. The van der Waals surface area contributed by atoms with Gasteiger partial charge in [0.1, 0.15) is 0 Å². The lowest BCUT2D eigenvalue weighted by Gasteiger charge is -2.13. The number of nitrogens with zero attached hydrogens (tertiary/aromatic N) is 2. The Morgan fingerprint density at radius 2 is 2.50 bits per heavy atom. The van der Waals surface area contributed by atoms with Crippen LogP contribution in [0.4, 0.5) is 0 Å². The molecule has 1 rings (SSSR count). The van der Waals surface area contributed by atoms with E-state index in [1.807, 2.05) is 18.5 Å². The van der Waals surface area contributed by atoms with E-state index in [9.17, 15) is 0 Å². The molecule has 0 aromatic heterocycles. The highest BCUT2D eigenvalue weighted by molar-refractivity contribution is 5.68. The van der Waals surface area contributed by atoms with Crippen LogP contribution in [-0.4, -0.2) is 31.6 Å². The van der Waals surface area contributed by atoms with Gasteiger partial charge in [0.05, 0.1) is 6.54 Å². The second-order valence-corrected chi connectivity index (χ2v) is 1.67. The van der Waals surface area contributed by atoms with Gasteiger partial charge in [-0.15, -0.1) is 0 Å². The Bertz CT molecular complexity index is 103. The Balaban J connectivity index is 2.41. The van der Waals surface area contributed by atoms with Crippen molar-refractivity contribution < 1.29 is 4.74 Å². The Morgan fingerprint density at radius 1 is 1.75 bits per heavy atom. The first-order valence-corrected chi connectivity index (χ1v) is 2.46. The molecule has 0 aliphatic carbocycles. The molecule has 0 saturated heterocycles. The number of ether oxygens (including phenoxy) is 1. The van der Waals surface area contributed by atoms with Gasteiger partial charge in [-0.3, -0.25) is 4.90 Å². The van der Waals surface area contributed by atoms with Gasteiger partial charge in [-0.05, 0) is 7.05 Å². The molecule has 8 heavy (non-hydrogen) atoms. The van der Waals surface area contributed by atoms with Crippen molar-refractivity contribution in [1.82, 2.24) is 4.90 Å². The molecule has 3 nitrogen and oxygen atoms in total. The van der Waals surface area contributed by atoms with Crippen LogP contribution in [0.3, 0.4) is 0 Å². The molecule has 0 aromatic carbocycles. The summed E-state index contributed by atoms with van der Waals surface area (Å²) in [6, 6.07) is 0. The second kappa shape index (κ2) is 2.24. The minimum atomic E-state index is -0.0880. The first-order chi connectivity index (χ1) is 3.84. The first kappa shape index (κ1) is 5.72. The van der Waals surface area contributed by atoms with Gasteiger partial charge in [0.2, 0.25) is 6.35 Å². The number of aliphatic imine (C=N–C) groups is 1. The Morgan fingerprint density at radius 3 is 2.75 bits per heavy atom. The fraction of sp³-hybridized carbons (Fsp3) is 0.600. The average molecular weight is 113 g/mol. The minimum absolute atomic E-state index is 0.0880. The Labute approximate surface area is 49.0 Å². The highest BCUT2D eigenvalue weighted by Gasteiger charge is 2.14. The lowest BCUT2D eigenvalue weighted by molar-refractivity contribution is 0.0187. The van der Waals surface area contributed by atoms with E-state index in [1.54, 1.807) is 13.3 Å². The molecule has 0 aromatic rings. The highest BCUT2D eigenvalue weighted by Crippen LogP contribution is 2.05. The molecular weight excluding hydrogens is 104 g/mol. The predicted octanol–water partition coefficient (Wildman–Crippen LogP) is 0.0944. The summed E-state index contributed by atoms with van der Waals surface area (Å²) in [6.07, 6.45) is 1.64. The number of hydrogen-bond donors (Lipinski definition) is 0. The molecule has 1 aliphatic heterocycles. The summed E-state index contributed by atoms with van der Waals surface area (Å²) in [7, 11) is 3.55. The molecule has 0 saturated carbocycles. The van der Waals surface area contributed by atoms with E-state index in [1.165, 1.54) is 0 Å². The fourth-order valence-electron chi connectivity index (χ4n) is 0.623. The standard InChI is InChI=1S/C5H9N2O/c1-7-4-3-6-5(7)8-2/h3-5H,1-2H3. The maximum Gasteiger partial charge on any atom is 0.206 e. The van der Waals surface area contributed by atoms with Gasteiger partial charge >= 0.3 is 0 Å². The van der Waals surface area contributed by atoms with Crippen molar-refractivity contribution in [3.63, 3.8) is 0 Å². The molecule has 0 spiro atoms. The van der Waals surface area contributed by atoms with E-state index < -0.39 is 0 Å². The van der Waals surface area contributed by atoms with Crippen LogP contribution in [0.15, 0.2) is 4.99 Å². The monoisotopic (exact) mass is 113 g/mol. The maximum atomic E-state index is 4.92. The molecule has 1 atom stereocenters. The van der Waals surface area contributed by atoms with E-state index >= 15 is 0 Å². The number of rotatable bonds is 1. The zero-order valence-corrected chi connectivity index (χ0v) is 5.03. The van der Waals surface area contributed by atoms with Gasteiger partial charge in [0.25, 0.3) is 0 Å². The Hall–Kier alpha value is -0.410. The molecule has 1 radical (unpaired) electrons. The van der Waals surface area contributed by atoms with Crippen LogP contribution in [-0.2, 0) is 4.74 Å². The van der Waals surface area contributed by atoms with Gasteiger partial charge in [0.15, 0.2) is 0 Å². The van der Waals surface area contributed by atoms with Gasteiger partial charge in [0, 0.05) is 13.3 Å². The van der Waals surface area contributed by atoms with Crippen LogP contribution < -0.4 is 0 Å². The van der Waals surface area contributed by atoms with Crippen LogP contribution in [0.25, 0.3) is 0 Å². The summed E-state index contributed by atoms with van der Waals surface area (Å²) < 4.78 is 4.92. The van der Waals surface area contributed by atoms with Crippen LogP contribution in [0.2, 0.25) is 0 Å². The third-order valence-corrected chi connectivity index (χ3v) is 1.07. The van der Waals surface area contributed by atoms with E-state index in [0.29, 0.717) is 0 Å². The molecule has 1 aliphatic rings. The molecule has 0 fully saturated rings. The van der Waals surface area contributed by atoms with Gasteiger partial charge in [-0.1, -0.05) is 0 Å². The number of hydrogen-bond acceptors (Lipinski definition) is 3. The summed E-state index contributed by atoms with van der Waals surface area (Å²) >= 11 is 0. The molecular formula is C5H9N2O. The molecule has 0 bridgehead atoms. The maximum absolute atomic E-state index is 4.92. The molecule has 1 heterocycles. The van der Waals surface area contributed by atoms with Crippen molar-refractivity contribution in [2.75, 3.05) is 14.2 Å². The van der Waals surface area contributed by atoms with Crippen LogP contribution >= 0.6 is 0 Å². The molecule has 3 heteroatoms. The zero-order valence-electron chi connectivity index (χ0n) is 5.03. The van der Waals surface area contributed by atoms with Gasteiger partial charge in [-0.2, -0.15) is 0 Å². The Kier molecular flexibility index (Phi) is 1.60. The largest absolute Gasteiger partial charge is 0.347 e. The highest BCUT2D eigenvalue weighted by atomic mass is 16.5. The quantitative estimate of drug-likeness (QED) is 0.481. The molecule has 0 amide bonds. The van der Waals surface area contributed by atoms with Crippen LogP contribution in [0, 0.1) is 6.54 Å². The third-order valence-electron chi connectivity index (χ3n) is 1.07. The van der Waals surface area contributed by atoms with Crippen molar-refractivity contribution in [3.05, 3.63) is 6.54 Å². The summed E-state index contributed by atoms with van der Waals surface area (Å²) in [5, 5.41) is 0. The van der Waals surface area contributed by atoms with Crippen molar-refractivity contribution in [2.24, 2.45) is 4.99 Å². The summed E-state index contributed by atoms with van der Waals surface area (Å²) in [5.74, 6) is 0. The summed E-state index contributed by atoms with van der Waals surface area (Å²) in [5.41, 5.74) is 0. The molecule has 1 unspecified atom stereocenters. The topological polar surface area (TPSA) is 24.8 Å². The van der Waals surface area contributed by atoms with Gasteiger partial charge in [-0.25, -0.2) is 4.99 Å². The third kappa shape index (κ3) is 0.877. The van der Waals surface area contributed by atoms with E-state index in [4.69, 9.17) is 4.74 Å². The van der Waals surface area contributed by atoms with E-state index in [2.05, 4.69) is 4.99 Å². The summed E-state index contributed by atoms with van der Waals surface area (Å²) in [6.45, 7) is 1.87. The van der Waals surface area contributed by atoms with E-state index in [-0.39, 0.29) is 6.35 Å². The van der Waals surface area contributed by atoms with Crippen molar-refractivity contribution >= 4 is 6.21 Å². The zero-order chi connectivity index (χ0) is 5.98. The smallest absolute Gasteiger partial charge is 0.206 e. The first-order valence-electron chi connectivity index (χ1n) is 2.46. The predicted molar refractivity (Wildman–Crippen MR) is 31.4 cm³/mol. The van der Waals surface area contributed by atoms with E-state index in [0.717, 1.165) is 0 Å². The van der Waals surface area contributed by atoms with Crippen molar-refractivity contribution in [3.8, 4) is 0 Å². The average Bonchev–Trinajstić information content (AvgIpc) is 2.14. The fourth-order valence-corrected chi connectivity index (χ4v) is 0.623. The van der Waals surface area contributed by atoms with Crippen molar-refractivity contribution in [1.29, 1.82) is 0 Å². The summed E-state index contributed by atoms with van der Waals surface area (Å²) in [4.78, 5) is 5.85. The molecule has 0 N–H and O–H groups in total. The molecule has 45 valence electrons. The second-order valence-electron chi connectivity index (χ2n) is 1.67. The van der Waals surface area contributed by atoms with Crippen LogP contribution in [0.5, 0.6) is 0 Å². The normalized spacial score (nSPS) is 29.5. The number of methoxy groups -OCH3 is 1. The van der Waals surface area contributed by atoms with Crippen molar-refractivity contribution in [2.45, 2.75) is 6.35 Å².